The standard InChI is InChI=1S/C18H14N6/c19-8-14-5-6-17(22-10-14)7-16(11-24-13-21-12-23-24)18-4-2-1-3-15(18)9-20/h1-6,10,12-13,16H,7,11H2. The van der Waals surface area contributed by atoms with Gasteiger partial charge in [-0.25, -0.2) is 4.98 Å². The zero-order valence-electron chi connectivity index (χ0n) is 12.9. The number of benzene rings is 1. The molecule has 0 saturated carbocycles. The lowest BCUT2D eigenvalue weighted by Crippen LogP contribution is -2.14. The van der Waals surface area contributed by atoms with E-state index < -0.39 is 0 Å². The number of hydrogen-bond donors (Lipinski definition) is 0. The lowest BCUT2D eigenvalue weighted by Gasteiger charge is -2.18. The smallest absolute Gasteiger partial charge is 0.137 e. The van der Waals surface area contributed by atoms with Gasteiger partial charge in [0.25, 0.3) is 0 Å². The van der Waals surface area contributed by atoms with Crippen molar-refractivity contribution in [3.05, 3.63) is 77.6 Å². The molecule has 0 spiro atoms. The van der Waals surface area contributed by atoms with Crippen molar-refractivity contribution in [2.24, 2.45) is 0 Å². The summed E-state index contributed by atoms with van der Waals surface area (Å²) in [4.78, 5) is 8.33. The summed E-state index contributed by atoms with van der Waals surface area (Å²) in [5.41, 5.74) is 3.01. The van der Waals surface area contributed by atoms with Gasteiger partial charge >= 0.3 is 0 Å². The van der Waals surface area contributed by atoms with Gasteiger partial charge in [0.15, 0.2) is 0 Å². The molecule has 0 N–H and O–H groups in total. The molecule has 1 atom stereocenters. The Bertz CT molecular complexity index is 885. The fourth-order valence-corrected chi connectivity index (χ4v) is 2.64. The Morgan fingerprint density at radius 3 is 2.62 bits per heavy atom. The molecule has 6 nitrogen and oxygen atoms in total. The SMILES string of the molecule is N#Cc1ccc(CC(Cn2cncn2)c2ccccc2C#N)nc1. The molecule has 0 saturated heterocycles. The van der Waals surface area contributed by atoms with Gasteiger partial charge < -0.3 is 0 Å². The van der Waals surface area contributed by atoms with Crippen LogP contribution in [0, 0.1) is 22.7 Å². The number of rotatable bonds is 5. The summed E-state index contributed by atoms with van der Waals surface area (Å²) in [5.74, 6) is 0.0305. The Morgan fingerprint density at radius 2 is 1.96 bits per heavy atom. The van der Waals surface area contributed by atoms with Crippen LogP contribution in [0.4, 0.5) is 0 Å². The highest BCUT2D eigenvalue weighted by Crippen LogP contribution is 2.25. The summed E-state index contributed by atoms with van der Waals surface area (Å²) in [6.07, 6.45) is 5.36. The predicted octanol–water partition coefficient (Wildman–Crippen LogP) is 2.44. The second kappa shape index (κ2) is 7.17. The molecule has 2 aromatic heterocycles. The second-order valence-electron chi connectivity index (χ2n) is 5.37. The average Bonchev–Trinajstić information content (AvgIpc) is 3.15. The van der Waals surface area contributed by atoms with E-state index in [1.165, 1.54) is 6.33 Å². The summed E-state index contributed by atoms with van der Waals surface area (Å²) in [5, 5.41) is 22.4. The third-order valence-electron chi connectivity index (χ3n) is 3.80. The highest BCUT2D eigenvalue weighted by atomic mass is 15.3. The predicted molar refractivity (Wildman–Crippen MR) is 86.6 cm³/mol. The minimum absolute atomic E-state index is 0.0305. The molecule has 0 aliphatic heterocycles. The normalized spacial score (nSPS) is 11.4. The minimum Gasteiger partial charge on any atom is -0.260 e. The maximum Gasteiger partial charge on any atom is 0.137 e. The molecule has 24 heavy (non-hydrogen) atoms. The summed E-state index contributed by atoms with van der Waals surface area (Å²) < 4.78 is 1.75. The van der Waals surface area contributed by atoms with E-state index in [0.717, 1.165) is 11.3 Å². The Labute approximate surface area is 139 Å². The third kappa shape index (κ3) is 3.45. The third-order valence-corrected chi connectivity index (χ3v) is 3.80. The largest absolute Gasteiger partial charge is 0.260 e. The maximum absolute atomic E-state index is 9.39. The fraction of sp³-hybridized carbons (Fsp3) is 0.167. The van der Waals surface area contributed by atoms with Crippen LogP contribution in [0.25, 0.3) is 0 Å². The van der Waals surface area contributed by atoms with Gasteiger partial charge in [0.2, 0.25) is 0 Å². The summed E-state index contributed by atoms with van der Waals surface area (Å²) in [7, 11) is 0. The van der Waals surface area contributed by atoms with Crippen molar-refractivity contribution < 1.29 is 0 Å². The molecule has 3 rings (SSSR count). The van der Waals surface area contributed by atoms with Gasteiger partial charge in [0, 0.05) is 24.4 Å². The van der Waals surface area contributed by atoms with Crippen molar-refractivity contribution in [2.45, 2.75) is 18.9 Å². The Morgan fingerprint density at radius 1 is 1.08 bits per heavy atom. The molecule has 0 aliphatic carbocycles. The van der Waals surface area contributed by atoms with Crippen molar-refractivity contribution in [1.82, 2.24) is 19.7 Å². The van der Waals surface area contributed by atoms with Gasteiger partial charge in [0.05, 0.1) is 17.2 Å². The van der Waals surface area contributed by atoms with Crippen molar-refractivity contribution in [3.63, 3.8) is 0 Å². The van der Waals surface area contributed by atoms with Crippen LogP contribution in [0.15, 0.2) is 55.2 Å². The molecule has 3 aromatic rings. The van der Waals surface area contributed by atoms with E-state index in [4.69, 9.17) is 5.26 Å². The van der Waals surface area contributed by atoms with E-state index in [1.807, 2.05) is 30.3 Å². The van der Waals surface area contributed by atoms with Gasteiger partial charge in [-0.15, -0.1) is 0 Å². The maximum atomic E-state index is 9.39. The van der Waals surface area contributed by atoms with Crippen LogP contribution < -0.4 is 0 Å². The zero-order valence-corrected chi connectivity index (χ0v) is 12.9. The quantitative estimate of drug-likeness (QED) is 0.721. The van der Waals surface area contributed by atoms with E-state index >= 15 is 0 Å². The molecule has 0 fully saturated rings. The molecule has 0 radical (unpaired) electrons. The van der Waals surface area contributed by atoms with E-state index in [0.29, 0.717) is 24.1 Å². The Kier molecular flexibility index (Phi) is 4.60. The van der Waals surface area contributed by atoms with E-state index in [-0.39, 0.29) is 5.92 Å². The van der Waals surface area contributed by atoms with Crippen LogP contribution >= 0.6 is 0 Å². The number of aromatic nitrogens is 4. The fourth-order valence-electron chi connectivity index (χ4n) is 2.64. The Balaban J connectivity index is 1.92. The first kappa shape index (κ1) is 15.4. The van der Waals surface area contributed by atoms with E-state index in [9.17, 15) is 5.26 Å². The van der Waals surface area contributed by atoms with Crippen molar-refractivity contribution in [2.75, 3.05) is 0 Å². The van der Waals surface area contributed by atoms with Gasteiger partial charge in [-0.3, -0.25) is 9.67 Å². The molecule has 1 aromatic carbocycles. The lowest BCUT2D eigenvalue weighted by atomic mass is 9.90. The minimum atomic E-state index is 0.0305. The monoisotopic (exact) mass is 314 g/mol. The average molecular weight is 314 g/mol. The van der Waals surface area contributed by atoms with E-state index in [1.54, 1.807) is 23.3 Å². The molecule has 116 valence electrons. The van der Waals surface area contributed by atoms with Crippen molar-refractivity contribution in [1.29, 1.82) is 10.5 Å². The van der Waals surface area contributed by atoms with Gasteiger partial charge in [0.1, 0.15) is 18.7 Å². The highest BCUT2D eigenvalue weighted by molar-refractivity contribution is 5.40. The summed E-state index contributed by atoms with van der Waals surface area (Å²) in [6, 6.07) is 15.5. The zero-order chi connectivity index (χ0) is 16.8. The van der Waals surface area contributed by atoms with Gasteiger partial charge in [-0.2, -0.15) is 15.6 Å². The Hall–Kier alpha value is -3.51. The molecule has 2 heterocycles. The van der Waals surface area contributed by atoms with Crippen LogP contribution in [0.5, 0.6) is 0 Å². The second-order valence-corrected chi connectivity index (χ2v) is 5.37. The number of nitrogens with zero attached hydrogens (tertiary/aromatic N) is 6. The number of pyridine rings is 1. The number of hydrogen-bond acceptors (Lipinski definition) is 5. The van der Waals surface area contributed by atoms with Crippen LogP contribution in [-0.4, -0.2) is 19.7 Å². The molecular formula is C18H14N6. The topological polar surface area (TPSA) is 91.2 Å². The summed E-state index contributed by atoms with van der Waals surface area (Å²) in [6.45, 7) is 0.598. The molecule has 1 unspecified atom stereocenters. The van der Waals surface area contributed by atoms with Gasteiger partial charge in [-0.05, 0) is 30.2 Å². The summed E-state index contributed by atoms with van der Waals surface area (Å²) >= 11 is 0. The van der Waals surface area contributed by atoms with Gasteiger partial charge in [-0.1, -0.05) is 18.2 Å². The lowest BCUT2D eigenvalue weighted by molar-refractivity contribution is 0.507. The number of nitriles is 2. The van der Waals surface area contributed by atoms with Crippen LogP contribution in [0.3, 0.4) is 0 Å². The molecule has 0 aliphatic rings. The van der Waals surface area contributed by atoms with Crippen LogP contribution in [-0.2, 0) is 13.0 Å². The van der Waals surface area contributed by atoms with Crippen molar-refractivity contribution in [3.8, 4) is 12.1 Å². The molecule has 6 heteroatoms. The molecule has 0 amide bonds. The molecule has 0 bridgehead atoms. The highest BCUT2D eigenvalue weighted by Gasteiger charge is 2.18. The van der Waals surface area contributed by atoms with Crippen LogP contribution in [0.2, 0.25) is 0 Å². The first-order valence-electron chi connectivity index (χ1n) is 7.46. The molecular weight excluding hydrogens is 300 g/mol. The van der Waals surface area contributed by atoms with Crippen molar-refractivity contribution >= 4 is 0 Å². The first-order valence-corrected chi connectivity index (χ1v) is 7.46. The van der Waals surface area contributed by atoms with Crippen LogP contribution in [0.1, 0.15) is 28.3 Å². The van der Waals surface area contributed by atoms with E-state index in [2.05, 4.69) is 27.2 Å². The first-order chi connectivity index (χ1) is 11.8.